The number of hydrogen-bond acceptors (Lipinski definition) is 6. The number of ether oxygens (including phenoxy) is 1. The maximum Gasteiger partial charge on any atom is 0.259 e. The molecule has 1 N–H and O–H groups in total. The third kappa shape index (κ3) is 4.96. The fourth-order valence-corrected chi connectivity index (χ4v) is 5.31. The normalized spacial score (nSPS) is 17.1. The maximum absolute atomic E-state index is 13.3. The number of carbonyl (C=O) groups is 1. The van der Waals surface area contributed by atoms with Gasteiger partial charge >= 0.3 is 0 Å². The predicted molar refractivity (Wildman–Crippen MR) is 140 cm³/mol. The van der Waals surface area contributed by atoms with Gasteiger partial charge in [0.2, 0.25) is 0 Å². The number of aromatic nitrogens is 2. The van der Waals surface area contributed by atoms with Gasteiger partial charge in [-0.15, -0.1) is 0 Å². The SMILES string of the molecule is Cc1c(C(=O)Nc2cccc(C#N)c2N2CCN(C3CCOCC3)CC2)cnn1-c1cccc(Cl)c1. The number of halogens is 1. The first kappa shape index (κ1) is 24.3. The lowest BCUT2D eigenvalue weighted by atomic mass is 10.0. The molecule has 1 amide bonds. The van der Waals surface area contributed by atoms with Gasteiger partial charge in [0.05, 0.1) is 40.1 Å². The first-order valence-corrected chi connectivity index (χ1v) is 12.6. The van der Waals surface area contributed by atoms with Gasteiger partial charge < -0.3 is 15.0 Å². The van der Waals surface area contributed by atoms with Crippen LogP contribution in [0.5, 0.6) is 0 Å². The summed E-state index contributed by atoms with van der Waals surface area (Å²) in [5.41, 5.74) is 3.92. The summed E-state index contributed by atoms with van der Waals surface area (Å²) in [6.45, 7) is 6.93. The van der Waals surface area contributed by atoms with Crippen molar-refractivity contribution in [3.8, 4) is 11.8 Å². The van der Waals surface area contributed by atoms with Crippen LogP contribution < -0.4 is 10.2 Å². The third-order valence-corrected chi connectivity index (χ3v) is 7.28. The van der Waals surface area contributed by atoms with Crippen LogP contribution >= 0.6 is 11.6 Å². The number of carbonyl (C=O) groups excluding carboxylic acids is 1. The fraction of sp³-hybridized carbons (Fsp3) is 0.370. The summed E-state index contributed by atoms with van der Waals surface area (Å²) in [4.78, 5) is 18.1. The van der Waals surface area contributed by atoms with Crippen LogP contribution in [0.4, 0.5) is 11.4 Å². The summed E-state index contributed by atoms with van der Waals surface area (Å²) in [5.74, 6) is -0.266. The smallest absolute Gasteiger partial charge is 0.259 e. The van der Waals surface area contributed by atoms with Crippen LogP contribution in [0.2, 0.25) is 5.02 Å². The number of hydrogen-bond donors (Lipinski definition) is 1. The molecule has 0 unspecified atom stereocenters. The molecule has 2 aliphatic rings. The van der Waals surface area contributed by atoms with Crippen LogP contribution in [0.3, 0.4) is 0 Å². The van der Waals surface area contributed by atoms with E-state index in [9.17, 15) is 10.1 Å². The second kappa shape index (κ2) is 10.7. The van der Waals surface area contributed by atoms with E-state index < -0.39 is 0 Å². The Kier molecular flexibility index (Phi) is 7.23. The molecule has 36 heavy (non-hydrogen) atoms. The highest BCUT2D eigenvalue weighted by Gasteiger charge is 2.28. The molecular weight excluding hydrogens is 476 g/mol. The largest absolute Gasteiger partial charge is 0.381 e. The van der Waals surface area contributed by atoms with Crippen LogP contribution in [-0.2, 0) is 4.74 Å². The van der Waals surface area contributed by atoms with Crippen molar-refractivity contribution in [3.63, 3.8) is 0 Å². The van der Waals surface area contributed by atoms with E-state index in [1.165, 1.54) is 0 Å². The maximum atomic E-state index is 13.3. The molecule has 9 heteroatoms. The lowest BCUT2D eigenvalue weighted by Crippen LogP contribution is -2.52. The van der Waals surface area contributed by atoms with Gasteiger partial charge in [0, 0.05) is 50.5 Å². The Morgan fingerprint density at radius 3 is 2.61 bits per heavy atom. The summed E-state index contributed by atoms with van der Waals surface area (Å²) >= 11 is 6.14. The zero-order valence-electron chi connectivity index (χ0n) is 20.3. The van der Waals surface area contributed by atoms with E-state index in [2.05, 4.69) is 26.3 Å². The fourth-order valence-electron chi connectivity index (χ4n) is 5.13. The Balaban J connectivity index is 1.35. The van der Waals surface area contributed by atoms with Crippen LogP contribution in [0, 0.1) is 18.3 Å². The highest BCUT2D eigenvalue weighted by molar-refractivity contribution is 6.30. The van der Waals surface area contributed by atoms with Crippen LogP contribution in [0.1, 0.15) is 34.5 Å². The molecule has 5 rings (SSSR count). The van der Waals surface area contributed by atoms with Crippen molar-refractivity contribution in [2.45, 2.75) is 25.8 Å². The van der Waals surface area contributed by atoms with Gasteiger partial charge in [-0.1, -0.05) is 23.7 Å². The van der Waals surface area contributed by atoms with Crippen molar-refractivity contribution in [2.75, 3.05) is 49.6 Å². The average Bonchev–Trinajstić information content (AvgIpc) is 3.30. The molecule has 1 aromatic heterocycles. The quantitative estimate of drug-likeness (QED) is 0.558. The van der Waals surface area contributed by atoms with Gasteiger partial charge in [-0.25, -0.2) is 4.68 Å². The molecule has 2 saturated heterocycles. The van der Waals surface area contributed by atoms with E-state index in [0.29, 0.717) is 33.6 Å². The van der Waals surface area contributed by atoms with Crippen molar-refractivity contribution in [1.29, 1.82) is 5.26 Å². The Labute approximate surface area is 216 Å². The third-order valence-electron chi connectivity index (χ3n) is 7.05. The average molecular weight is 505 g/mol. The molecule has 0 aliphatic carbocycles. The van der Waals surface area contributed by atoms with Crippen molar-refractivity contribution in [2.24, 2.45) is 0 Å². The Bertz CT molecular complexity index is 1290. The minimum Gasteiger partial charge on any atom is -0.381 e. The molecule has 2 aliphatic heterocycles. The van der Waals surface area contributed by atoms with Crippen LogP contribution in [0.15, 0.2) is 48.7 Å². The van der Waals surface area contributed by atoms with E-state index >= 15 is 0 Å². The summed E-state index contributed by atoms with van der Waals surface area (Å²) in [6.07, 6.45) is 3.70. The Hall–Kier alpha value is -3.38. The first-order chi connectivity index (χ1) is 17.5. The number of amides is 1. The number of anilines is 2. The van der Waals surface area contributed by atoms with Crippen molar-refractivity contribution >= 4 is 28.9 Å². The zero-order chi connectivity index (χ0) is 25.1. The Morgan fingerprint density at radius 2 is 1.89 bits per heavy atom. The summed E-state index contributed by atoms with van der Waals surface area (Å²) in [6, 6.07) is 15.7. The second-order valence-corrected chi connectivity index (χ2v) is 9.61. The van der Waals surface area contributed by atoms with Gasteiger partial charge in [0.1, 0.15) is 6.07 Å². The minimum absolute atomic E-state index is 0.266. The number of para-hydroxylation sites is 1. The molecule has 186 valence electrons. The van der Waals surface area contributed by atoms with Crippen molar-refractivity contribution < 1.29 is 9.53 Å². The second-order valence-electron chi connectivity index (χ2n) is 9.17. The van der Waals surface area contributed by atoms with Crippen LogP contribution in [-0.4, -0.2) is 66.0 Å². The van der Waals surface area contributed by atoms with E-state index in [1.54, 1.807) is 35.1 Å². The number of rotatable bonds is 5. The summed E-state index contributed by atoms with van der Waals surface area (Å²) in [7, 11) is 0. The van der Waals surface area contributed by atoms with E-state index in [-0.39, 0.29) is 5.91 Å². The van der Waals surface area contributed by atoms with E-state index in [4.69, 9.17) is 16.3 Å². The van der Waals surface area contributed by atoms with E-state index in [1.807, 2.05) is 25.1 Å². The zero-order valence-corrected chi connectivity index (χ0v) is 21.0. The highest BCUT2D eigenvalue weighted by atomic mass is 35.5. The van der Waals surface area contributed by atoms with Gasteiger partial charge in [-0.3, -0.25) is 9.69 Å². The lowest BCUT2D eigenvalue weighted by Gasteiger charge is -2.42. The number of nitriles is 1. The van der Waals surface area contributed by atoms with Crippen molar-refractivity contribution in [3.05, 3.63) is 70.5 Å². The lowest BCUT2D eigenvalue weighted by molar-refractivity contribution is 0.0321. The predicted octanol–water partition coefficient (Wildman–Crippen LogP) is 4.26. The number of nitrogens with one attached hydrogen (secondary N) is 1. The number of piperazine rings is 1. The number of nitrogens with zero attached hydrogens (tertiary/aromatic N) is 5. The number of benzene rings is 2. The van der Waals surface area contributed by atoms with Crippen molar-refractivity contribution in [1.82, 2.24) is 14.7 Å². The molecule has 0 bridgehead atoms. The van der Waals surface area contributed by atoms with E-state index in [0.717, 1.165) is 63.6 Å². The van der Waals surface area contributed by atoms with Gasteiger partial charge in [-0.2, -0.15) is 10.4 Å². The molecule has 3 heterocycles. The summed E-state index contributed by atoms with van der Waals surface area (Å²) in [5, 5.41) is 17.9. The molecule has 3 aromatic rings. The molecule has 8 nitrogen and oxygen atoms in total. The molecule has 2 fully saturated rings. The van der Waals surface area contributed by atoms with Gasteiger partial charge in [0.25, 0.3) is 5.91 Å². The van der Waals surface area contributed by atoms with Gasteiger partial charge in [-0.05, 0) is 50.1 Å². The first-order valence-electron chi connectivity index (χ1n) is 12.3. The van der Waals surface area contributed by atoms with Crippen LogP contribution in [0.25, 0.3) is 5.69 Å². The molecule has 2 aromatic carbocycles. The Morgan fingerprint density at radius 1 is 1.14 bits per heavy atom. The molecule has 0 atom stereocenters. The summed E-state index contributed by atoms with van der Waals surface area (Å²) < 4.78 is 7.21. The molecule has 0 radical (unpaired) electrons. The molecular formula is C27H29ClN6O2. The highest BCUT2D eigenvalue weighted by Crippen LogP contribution is 2.32. The monoisotopic (exact) mass is 504 g/mol. The molecule has 0 saturated carbocycles. The van der Waals surface area contributed by atoms with Gasteiger partial charge in [0.15, 0.2) is 0 Å². The standard InChI is InChI=1S/C27H29ClN6O2/c1-19-24(18-30-34(19)23-6-3-5-21(28)16-23)27(35)31-25-7-2-4-20(17-29)26(25)33-12-10-32(11-13-33)22-8-14-36-15-9-22/h2-7,16,18,22H,8-15H2,1H3,(H,31,35). The topological polar surface area (TPSA) is 86.4 Å². The molecule has 0 spiro atoms. The minimum atomic E-state index is -0.266.